The van der Waals surface area contributed by atoms with Gasteiger partial charge in [0.25, 0.3) is 0 Å². The second-order valence-corrected chi connectivity index (χ2v) is 19.5. The molecule has 0 spiro atoms. The number of cyclic esters (lactones) is 1. The van der Waals surface area contributed by atoms with Gasteiger partial charge in [-0.25, -0.2) is 9.78 Å². The summed E-state index contributed by atoms with van der Waals surface area (Å²) in [6.07, 6.45) is 2.70. The zero-order valence-corrected chi connectivity index (χ0v) is 41.0. The van der Waals surface area contributed by atoms with E-state index in [4.69, 9.17) is 28.4 Å². The Balaban J connectivity index is 1.37. The van der Waals surface area contributed by atoms with Crippen LogP contribution >= 0.6 is 0 Å². The van der Waals surface area contributed by atoms with E-state index in [0.29, 0.717) is 44.6 Å². The SMILES string of the molecule is C=CCN(C)[C@H]1C[C@@H](C)O[C@@H](O[C@@H]2[C@@H](C)[C@H](OC(=O)Cc3ccccn3)[C@@H](C)C(=O)O[C@H](CC)[C@@]3(C)OC(=O)N(CCCCn4ccc5cccnc54)[C@@H]3[C@@H](C)C(=O)[C@H](C)C[C@@]2(C)OC)[C@@H]1O. The van der Waals surface area contributed by atoms with E-state index in [9.17, 15) is 19.5 Å². The molecule has 3 aromatic heterocycles. The van der Waals surface area contributed by atoms with Gasteiger partial charge in [0.1, 0.15) is 29.7 Å². The van der Waals surface area contributed by atoms with Gasteiger partial charge in [0.05, 0.1) is 41.9 Å². The number of nitrogens with zero attached hydrogens (tertiary/aromatic N) is 5. The zero-order valence-electron chi connectivity index (χ0n) is 41.0. The highest BCUT2D eigenvalue weighted by molar-refractivity contribution is 5.85. The molecule has 16 heteroatoms. The summed E-state index contributed by atoms with van der Waals surface area (Å²) in [5.74, 6) is -4.87. The van der Waals surface area contributed by atoms with Crippen LogP contribution in [0.4, 0.5) is 4.79 Å². The Hall–Kier alpha value is -4.74. The Morgan fingerprint density at radius 1 is 1.01 bits per heavy atom. The van der Waals surface area contributed by atoms with Gasteiger partial charge in [-0.05, 0) is 97.2 Å². The first-order valence-electron chi connectivity index (χ1n) is 24.0. The Bertz CT molecular complexity index is 2170. The molecule has 368 valence electrons. The third-order valence-electron chi connectivity index (χ3n) is 14.5. The lowest BCUT2D eigenvalue weighted by atomic mass is 9.73. The van der Waals surface area contributed by atoms with Crippen molar-refractivity contribution in [1.29, 1.82) is 0 Å². The number of likely N-dealkylation sites (N-methyl/N-ethyl adjacent to an activating group) is 1. The molecule has 0 aliphatic carbocycles. The maximum absolute atomic E-state index is 15.1. The molecule has 0 unspecified atom stereocenters. The summed E-state index contributed by atoms with van der Waals surface area (Å²) in [4.78, 5) is 70.3. The Morgan fingerprint density at radius 2 is 1.75 bits per heavy atom. The molecule has 67 heavy (non-hydrogen) atoms. The summed E-state index contributed by atoms with van der Waals surface area (Å²) in [6, 6.07) is 9.99. The quantitative estimate of drug-likeness (QED) is 0.0749. The normalized spacial score (nSPS) is 34.3. The van der Waals surface area contributed by atoms with Crippen LogP contribution in [0.5, 0.6) is 0 Å². The van der Waals surface area contributed by atoms with Crippen LogP contribution in [-0.2, 0) is 55.8 Å². The number of methoxy groups -OCH3 is 1. The van der Waals surface area contributed by atoms with Crippen LogP contribution in [0.15, 0.2) is 67.6 Å². The molecule has 14 atom stereocenters. The van der Waals surface area contributed by atoms with Crippen molar-refractivity contribution in [2.45, 2.75) is 161 Å². The van der Waals surface area contributed by atoms with Crippen molar-refractivity contribution in [3.05, 3.63) is 73.3 Å². The smallest absolute Gasteiger partial charge is 0.410 e. The number of aryl methyl sites for hydroxylation is 1. The van der Waals surface area contributed by atoms with Crippen molar-refractivity contribution in [2.75, 3.05) is 27.2 Å². The Morgan fingerprint density at radius 3 is 2.43 bits per heavy atom. The minimum Gasteiger partial charge on any atom is -0.461 e. The number of carbonyl (C=O) groups is 4. The lowest BCUT2D eigenvalue weighted by molar-refractivity contribution is -0.302. The van der Waals surface area contributed by atoms with Gasteiger partial charge in [-0.3, -0.25) is 24.3 Å². The average Bonchev–Trinajstić information content (AvgIpc) is 3.84. The van der Waals surface area contributed by atoms with Crippen molar-refractivity contribution >= 4 is 34.8 Å². The summed E-state index contributed by atoms with van der Waals surface area (Å²) < 4.78 is 40.8. The van der Waals surface area contributed by atoms with E-state index in [1.54, 1.807) is 62.3 Å². The van der Waals surface area contributed by atoms with Crippen molar-refractivity contribution < 1.29 is 52.7 Å². The molecular weight excluding hydrogens is 859 g/mol. The van der Waals surface area contributed by atoms with Gasteiger partial charge in [0.15, 0.2) is 11.9 Å². The first kappa shape index (κ1) is 51.6. The number of amides is 1. The third-order valence-corrected chi connectivity index (χ3v) is 14.5. The van der Waals surface area contributed by atoms with Gasteiger partial charge in [0.2, 0.25) is 0 Å². The van der Waals surface area contributed by atoms with Crippen molar-refractivity contribution in [2.24, 2.45) is 23.7 Å². The summed E-state index contributed by atoms with van der Waals surface area (Å²) in [6.45, 7) is 19.7. The molecule has 3 fully saturated rings. The number of ketones is 1. The molecule has 1 amide bonds. The van der Waals surface area contributed by atoms with E-state index in [-0.39, 0.29) is 37.2 Å². The Labute approximate surface area is 395 Å². The minimum absolute atomic E-state index is 0.113. The highest BCUT2D eigenvalue weighted by Gasteiger charge is 2.60. The van der Waals surface area contributed by atoms with Crippen LogP contribution in [0.2, 0.25) is 0 Å². The van der Waals surface area contributed by atoms with Gasteiger partial charge < -0.3 is 43.0 Å². The molecule has 0 bridgehead atoms. The number of aliphatic hydroxyl groups excluding tert-OH is 1. The monoisotopic (exact) mass is 932 g/mol. The molecule has 0 saturated carbocycles. The molecule has 0 aromatic carbocycles. The first-order chi connectivity index (χ1) is 31.9. The number of esters is 2. The highest BCUT2D eigenvalue weighted by atomic mass is 16.7. The van der Waals surface area contributed by atoms with Gasteiger partial charge in [0, 0.05) is 74.5 Å². The number of ether oxygens (including phenoxy) is 6. The zero-order chi connectivity index (χ0) is 48.8. The number of hydrogen-bond donors (Lipinski definition) is 1. The molecule has 0 radical (unpaired) electrons. The highest BCUT2D eigenvalue weighted by Crippen LogP contribution is 2.44. The maximum atomic E-state index is 15.1. The summed E-state index contributed by atoms with van der Waals surface area (Å²) in [7, 11) is 3.42. The third kappa shape index (κ3) is 11.3. The van der Waals surface area contributed by atoms with E-state index in [2.05, 4.69) is 21.1 Å². The minimum atomic E-state index is -1.44. The lowest BCUT2D eigenvalue weighted by Crippen LogP contribution is -2.61. The topological polar surface area (TPSA) is 181 Å². The molecular formula is C51H73N5O11. The summed E-state index contributed by atoms with van der Waals surface area (Å²) >= 11 is 0. The van der Waals surface area contributed by atoms with Gasteiger partial charge in [-0.1, -0.05) is 39.8 Å². The standard InChI is InChI=1S/C51H73N5O11/c1-12-24-54(10)38-28-32(4)63-48(42(38)59)66-45-34(6)43(65-40(57)29-37-20-14-15-22-52-37)35(7)47(60)64-39(13-2)51(9)44(33(5)41(58)31(3)30-50(45,8)62-11)56(49(61)67-51)26-17-16-25-55-27-21-36-19-18-23-53-46(36)55/h12,14-15,18-23,27,31-35,38-39,42-45,48,59H,1,13,16-17,24-26,28-30H2,2-11H3/t31-,32-,33+,34+,35-,38+,39-,42-,43+,44-,45-,48+,50-,51-/m1/s1. The lowest BCUT2D eigenvalue weighted by Gasteiger charge is -2.48. The summed E-state index contributed by atoms with van der Waals surface area (Å²) in [5, 5.41) is 13.0. The van der Waals surface area contributed by atoms with E-state index in [1.807, 2.05) is 71.0 Å². The molecule has 1 N–H and O–H groups in total. The van der Waals surface area contributed by atoms with Crippen molar-refractivity contribution in [1.82, 2.24) is 24.3 Å². The molecule has 3 aliphatic rings. The van der Waals surface area contributed by atoms with E-state index < -0.39 is 89.7 Å². The number of fused-ring (bicyclic) bond motifs is 2. The number of aliphatic hydroxyl groups is 1. The number of carbonyl (C=O) groups excluding carboxylic acids is 4. The second-order valence-electron chi connectivity index (χ2n) is 19.5. The largest absolute Gasteiger partial charge is 0.461 e. The number of rotatable bonds is 15. The van der Waals surface area contributed by atoms with E-state index in [0.717, 1.165) is 11.0 Å². The Kier molecular flexibility index (Phi) is 17.1. The van der Waals surface area contributed by atoms with Crippen molar-refractivity contribution in [3.63, 3.8) is 0 Å². The van der Waals surface area contributed by atoms with E-state index >= 15 is 4.79 Å². The number of hydrogen-bond acceptors (Lipinski definition) is 14. The van der Waals surface area contributed by atoms with Crippen molar-refractivity contribution in [3.8, 4) is 0 Å². The fourth-order valence-corrected chi connectivity index (χ4v) is 10.9. The number of Topliss-reactive ketones (excluding diaryl/α,β-unsaturated/α-hetero) is 1. The molecule has 3 saturated heterocycles. The summed E-state index contributed by atoms with van der Waals surface area (Å²) in [5.41, 5.74) is -1.39. The first-order valence-corrected chi connectivity index (χ1v) is 24.0. The molecule has 3 aliphatic heterocycles. The molecule has 6 rings (SSSR count). The van der Waals surface area contributed by atoms with Crippen LogP contribution < -0.4 is 0 Å². The van der Waals surface area contributed by atoms with Gasteiger partial charge in [-0.2, -0.15) is 0 Å². The average molecular weight is 932 g/mol. The number of aromatic nitrogens is 3. The maximum Gasteiger partial charge on any atom is 0.410 e. The fourth-order valence-electron chi connectivity index (χ4n) is 10.9. The van der Waals surface area contributed by atoms with Crippen LogP contribution in [0.25, 0.3) is 11.0 Å². The molecule has 3 aromatic rings. The van der Waals surface area contributed by atoms with E-state index in [1.165, 1.54) is 7.11 Å². The van der Waals surface area contributed by atoms with Crippen LogP contribution in [-0.4, -0.2) is 141 Å². The number of unbranched alkanes of at least 4 members (excludes halogenated alkanes) is 1. The number of pyridine rings is 2. The second kappa shape index (κ2) is 22.1. The van der Waals surface area contributed by atoms with Crippen LogP contribution in [0.3, 0.4) is 0 Å². The van der Waals surface area contributed by atoms with Gasteiger partial charge in [-0.15, -0.1) is 6.58 Å². The molecule has 16 nitrogen and oxygen atoms in total. The van der Waals surface area contributed by atoms with Gasteiger partial charge >= 0.3 is 18.0 Å². The molecule has 6 heterocycles. The van der Waals surface area contributed by atoms with Crippen LogP contribution in [0.1, 0.15) is 93.2 Å². The van der Waals surface area contributed by atoms with Crippen LogP contribution in [0, 0.1) is 23.7 Å². The predicted octanol–water partition coefficient (Wildman–Crippen LogP) is 6.56. The fraction of sp³-hybridized carbons (Fsp3) is 0.647. The predicted molar refractivity (Wildman–Crippen MR) is 250 cm³/mol.